The summed E-state index contributed by atoms with van der Waals surface area (Å²) in [7, 11) is 2.74. The van der Waals surface area contributed by atoms with E-state index in [1.165, 1.54) is 38.5 Å². The van der Waals surface area contributed by atoms with Crippen LogP contribution in [0.3, 0.4) is 0 Å². The molecule has 0 saturated heterocycles. The molecule has 0 atom stereocenters. The SMILES string of the molecule is CCOC(=O)c1ccc(Nc2cc(C(F)(F)F)c3cc(OC)c(OC)cc3n2)cc1. The van der Waals surface area contributed by atoms with Gasteiger partial charge in [0.2, 0.25) is 0 Å². The summed E-state index contributed by atoms with van der Waals surface area (Å²) in [5, 5.41) is 2.73. The predicted octanol–water partition coefficient (Wildman–Crippen LogP) is 5.19. The van der Waals surface area contributed by atoms with E-state index in [-0.39, 0.29) is 34.8 Å². The molecule has 3 aromatic rings. The number of rotatable bonds is 6. The van der Waals surface area contributed by atoms with Gasteiger partial charge in [-0.25, -0.2) is 9.78 Å². The average Bonchev–Trinajstić information content (AvgIpc) is 2.72. The van der Waals surface area contributed by atoms with E-state index in [4.69, 9.17) is 14.2 Å². The van der Waals surface area contributed by atoms with Crippen LogP contribution in [0.4, 0.5) is 24.7 Å². The molecular formula is C21H19F3N2O4. The van der Waals surface area contributed by atoms with E-state index in [1.54, 1.807) is 19.1 Å². The topological polar surface area (TPSA) is 69.7 Å². The fraction of sp³-hybridized carbons (Fsp3) is 0.238. The van der Waals surface area contributed by atoms with E-state index >= 15 is 0 Å². The zero-order valence-electron chi connectivity index (χ0n) is 16.5. The lowest BCUT2D eigenvalue weighted by Gasteiger charge is -2.16. The van der Waals surface area contributed by atoms with Gasteiger partial charge in [0.1, 0.15) is 5.82 Å². The average molecular weight is 420 g/mol. The minimum absolute atomic E-state index is 0.00840. The molecule has 30 heavy (non-hydrogen) atoms. The molecule has 0 saturated carbocycles. The number of carbonyl (C=O) groups excluding carboxylic acids is 1. The number of ether oxygens (including phenoxy) is 3. The number of nitrogens with one attached hydrogen (secondary N) is 1. The molecule has 0 spiro atoms. The first-order valence-corrected chi connectivity index (χ1v) is 8.95. The Bertz CT molecular complexity index is 1070. The molecule has 158 valence electrons. The van der Waals surface area contributed by atoms with Gasteiger partial charge in [0.15, 0.2) is 11.5 Å². The molecule has 9 heteroatoms. The number of benzene rings is 2. The summed E-state index contributed by atoms with van der Waals surface area (Å²) in [6.07, 6.45) is -4.61. The molecule has 0 aliphatic carbocycles. The van der Waals surface area contributed by atoms with Gasteiger partial charge in [0.05, 0.1) is 37.5 Å². The molecule has 0 bridgehead atoms. The number of aromatic nitrogens is 1. The Kier molecular flexibility index (Phi) is 6.00. The number of halogens is 3. The molecule has 1 aromatic heterocycles. The zero-order valence-corrected chi connectivity index (χ0v) is 16.5. The smallest absolute Gasteiger partial charge is 0.417 e. The largest absolute Gasteiger partial charge is 0.493 e. The number of methoxy groups -OCH3 is 2. The first-order valence-electron chi connectivity index (χ1n) is 8.95. The Balaban J connectivity index is 2.03. The van der Waals surface area contributed by atoms with Crippen LogP contribution in [0.15, 0.2) is 42.5 Å². The third-order valence-corrected chi connectivity index (χ3v) is 4.29. The Morgan fingerprint density at radius 3 is 2.23 bits per heavy atom. The number of alkyl halides is 3. The standard InChI is InChI=1S/C21H19F3N2O4/c1-4-30-20(27)12-5-7-13(8-6-12)25-19-10-15(21(22,23)24)14-9-17(28-2)18(29-3)11-16(14)26-19/h5-11H,4H2,1-3H3,(H,25,26). The summed E-state index contributed by atoms with van der Waals surface area (Å²) in [6.45, 7) is 1.94. The van der Waals surface area contributed by atoms with Crippen LogP contribution >= 0.6 is 0 Å². The second-order valence-electron chi connectivity index (χ2n) is 6.20. The van der Waals surface area contributed by atoms with Crippen molar-refractivity contribution in [3.8, 4) is 11.5 Å². The summed E-state index contributed by atoms with van der Waals surface area (Å²) in [5.74, 6) is -0.0478. The third kappa shape index (κ3) is 4.40. The minimum Gasteiger partial charge on any atom is -0.493 e. The van der Waals surface area contributed by atoms with E-state index < -0.39 is 17.7 Å². The second kappa shape index (κ2) is 8.48. The van der Waals surface area contributed by atoms with Crippen LogP contribution in [0.5, 0.6) is 11.5 Å². The summed E-state index contributed by atoms with van der Waals surface area (Å²) in [4.78, 5) is 16.0. The summed E-state index contributed by atoms with van der Waals surface area (Å²) >= 11 is 0. The number of anilines is 2. The van der Waals surface area contributed by atoms with Crippen molar-refractivity contribution in [2.24, 2.45) is 0 Å². The first-order chi connectivity index (χ1) is 14.3. The Morgan fingerprint density at radius 1 is 1.03 bits per heavy atom. The van der Waals surface area contributed by atoms with Crippen LogP contribution in [-0.2, 0) is 10.9 Å². The van der Waals surface area contributed by atoms with Crippen molar-refractivity contribution in [2.45, 2.75) is 13.1 Å². The molecule has 1 heterocycles. The lowest BCUT2D eigenvalue weighted by Crippen LogP contribution is -2.08. The van der Waals surface area contributed by atoms with Gasteiger partial charge in [-0.15, -0.1) is 0 Å². The van der Waals surface area contributed by atoms with E-state index in [9.17, 15) is 18.0 Å². The van der Waals surface area contributed by atoms with Crippen LogP contribution in [0, 0.1) is 0 Å². The molecule has 0 aliphatic rings. The van der Waals surface area contributed by atoms with Gasteiger partial charge >= 0.3 is 12.1 Å². The van der Waals surface area contributed by atoms with Gasteiger partial charge in [-0.2, -0.15) is 13.2 Å². The van der Waals surface area contributed by atoms with Gasteiger partial charge in [-0.3, -0.25) is 0 Å². The second-order valence-corrected chi connectivity index (χ2v) is 6.20. The van der Waals surface area contributed by atoms with Crippen LogP contribution in [0.2, 0.25) is 0 Å². The molecular weight excluding hydrogens is 401 g/mol. The van der Waals surface area contributed by atoms with Gasteiger partial charge in [0, 0.05) is 17.1 Å². The highest BCUT2D eigenvalue weighted by Crippen LogP contribution is 2.40. The van der Waals surface area contributed by atoms with E-state index in [0.717, 1.165) is 6.07 Å². The first kappa shape index (κ1) is 21.2. The van der Waals surface area contributed by atoms with Gasteiger partial charge in [-0.05, 0) is 43.3 Å². The molecule has 0 radical (unpaired) electrons. The van der Waals surface area contributed by atoms with Crippen LogP contribution in [-0.4, -0.2) is 31.8 Å². The van der Waals surface area contributed by atoms with Crippen molar-refractivity contribution in [2.75, 3.05) is 26.1 Å². The maximum Gasteiger partial charge on any atom is 0.417 e. The Hall–Kier alpha value is -3.49. The van der Waals surface area contributed by atoms with E-state index in [2.05, 4.69) is 10.3 Å². The number of hydrogen-bond acceptors (Lipinski definition) is 6. The molecule has 2 aromatic carbocycles. The number of pyridine rings is 1. The molecule has 3 rings (SSSR count). The van der Waals surface area contributed by atoms with Crippen molar-refractivity contribution >= 4 is 28.4 Å². The number of fused-ring (bicyclic) bond motifs is 1. The lowest BCUT2D eigenvalue weighted by molar-refractivity contribution is -0.136. The highest BCUT2D eigenvalue weighted by atomic mass is 19.4. The minimum atomic E-state index is -4.61. The van der Waals surface area contributed by atoms with Crippen molar-refractivity contribution < 1.29 is 32.2 Å². The highest BCUT2D eigenvalue weighted by Gasteiger charge is 2.34. The maximum absolute atomic E-state index is 13.7. The number of hydrogen-bond donors (Lipinski definition) is 1. The predicted molar refractivity (Wildman–Crippen MR) is 106 cm³/mol. The van der Waals surface area contributed by atoms with Gasteiger partial charge in [0.25, 0.3) is 0 Å². The van der Waals surface area contributed by atoms with E-state index in [1.807, 2.05) is 0 Å². The van der Waals surface area contributed by atoms with Crippen LogP contribution < -0.4 is 14.8 Å². The summed E-state index contributed by atoms with van der Waals surface area (Å²) in [6, 6.07) is 9.70. The number of nitrogens with zero attached hydrogens (tertiary/aromatic N) is 1. The molecule has 1 N–H and O–H groups in total. The third-order valence-electron chi connectivity index (χ3n) is 4.29. The summed E-state index contributed by atoms with van der Waals surface area (Å²) in [5.41, 5.74) is 0.0254. The van der Waals surface area contributed by atoms with E-state index in [0.29, 0.717) is 11.3 Å². The van der Waals surface area contributed by atoms with Crippen molar-refractivity contribution in [1.29, 1.82) is 0 Å². The van der Waals surface area contributed by atoms with Gasteiger partial charge in [-0.1, -0.05) is 0 Å². The quantitative estimate of drug-likeness (QED) is 0.554. The molecule has 6 nitrogen and oxygen atoms in total. The van der Waals surface area contributed by atoms with Gasteiger partial charge < -0.3 is 19.5 Å². The summed E-state index contributed by atoms with van der Waals surface area (Å²) < 4.78 is 56.3. The number of esters is 1. The van der Waals surface area contributed by atoms with Crippen LogP contribution in [0.1, 0.15) is 22.8 Å². The maximum atomic E-state index is 13.7. The van der Waals surface area contributed by atoms with Crippen LogP contribution in [0.25, 0.3) is 10.9 Å². The fourth-order valence-electron chi connectivity index (χ4n) is 2.90. The van der Waals surface area contributed by atoms with Crippen molar-refractivity contribution in [3.63, 3.8) is 0 Å². The molecule has 0 fully saturated rings. The Labute approximate surface area is 170 Å². The fourth-order valence-corrected chi connectivity index (χ4v) is 2.90. The lowest BCUT2D eigenvalue weighted by atomic mass is 10.1. The Morgan fingerprint density at radius 2 is 1.67 bits per heavy atom. The molecule has 0 amide bonds. The number of carbonyl (C=O) groups is 1. The molecule has 0 aliphatic heterocycles. The van der Waals surface area contributed by atoms with Crippen molar-refractivity contribution in [3.05, 3.63) is 53.6 Å². The normalized spacial score (nSPS) is 11.3. The molecule has 0 unspecified atom stereocenters. The van der Waals surface area contributed by atoms with Crippen molar-refractivity contribution in [1.82, 2.24) is 4.98 Å². The zero-order chi connectivity index (χ0) is 21.9. The highest BCUT2D eigenvalue weighted by molar-refractivity contribution is 5.90. The monoisotopic (exact) mass is 420 g/mol.